The zero-order valence-electron chi connectivity index (χ0n) is 7.63. The van der Waals surface area contributed by atoms with Crippen LogP contribution in [0.1, 0.15) is 36.7 Å². The van der Waals surface area contributed by atoms with Crippen molar-refractivity contribution in [2.24, 2.45) is 0 Å². The van der Waals surface area contributed by atoms with Crippen LogP contribution in [0, 0.1) is 0 Å². The highest BCUT2D eigenvalue weighted by Crippen LogP contribution is 2.14. The van der Waals surface area contributed by atoms with E-state index in [4.69, 9.17) is 16.0 Å². The van der Waals surface area contributed by atoms with Crippen molar-refractivity contribution >= 4 is 17.4 Å². The van der Waals surface area contributed by atoms with Crippen LogP contribution in [-0.4, -0.2) is 11.2 Å². The predicted molar refractivity (Wildman–Crippen MR) is 52.2 cm³/mol. The third-order valence-electron chi connectivity index (χ3n) is 1.86. The lowest BCUT2D eigenvalue weighted by atomic mass is 10.1. The Morgan fingerprint density at radius 3 is 3.00 bits per heavy atom. The van der Waals surface area contributed by atoms with Crippen molar-refractivity contribution in [3.05, 3.63) is 24.2 Å². The van der Waals surface area contributed by atoms with Gasteiger partial charge in [0, 0.05) is 0 Å². The largest absolute Gasteiger partial charge is 0.461 e. The lowest BCUT2D eigenvalue weighted by Gasteiger charge is -2.04. The van der Waals surface area contributed by atoms with Gasteiger partial charge < -0.3 is 4.42 Å². The van der Waals surface area contributed by atoms with E-state index in [1.54, 1.807) is 12.1 Å². The first-order valence-electron chi connectivity index (χ1n) is 4.47. The molecule has 0 fully saturated rings. The van der Waals surface area contributed by atoms with E-state index in [1.165, 1.54) is 6.26 Å². The van der Waals surface area contributed by atoms with Crippen LogP contribution < -0.4 is 0 Å². The quantitative estimate of drug-likeness (QED) is 0.540. The molecule has 0 aliphatic heterocycles. The van der Waals surface area contributed by atoms with E-state index in [2.05, 4.69) is 6.92 Å². The molecule has 0 aromatic carbocycles. The summed E-state index contributed by atoms with van der Waals surface area (Å²) in [5, 5.41) is -0.439. The number of furan rings is 1. The Balaban J connectivity index is 2.48. The molecule has 1 unspecified atom stereocenters. The zero-order valence-corrected chi connectivity index (χ0v) is 8.38. The average molecular weight is 201 g/mol. The molecule has 0 bridgehead atoms. The molecular weight excluding hydrogens is 188 g/mol. The smallest absolute Gasteiger partial charge is 0.215 e. The van der Waals surface area contributed by atoms with Gasteiger partial charge in [0.1, 0.15) is 0 Å². The number of ketones is 1. The van der Waals surface area contributed by atoms with Crippen LogP contribution in [0.4, 0.5) is 0 Å². The van der Waals surface area contributed by atoms with Crippen LogP contribution in [0.3, 0.4) is 0 Å². The molecule has 72 valence electrons. The standard InChI is InChI=1S/C10H13ClO2/c1-2-3-5-8(11)10(12)9-6-4-7-13-9/h4,6-8H,2-3,5H2,1H3. The molecule has 0 radical (unpaired) electrons. The van der Waals surface area contributed by atoms with Gasteiger partial charge in [-0.15, -0.1) is 11.6 Å². The highest BCUT2D eigenvalue weighted by Gasteiger charge is 2.18. The Labute approximate surface area is 82.9 Å². The molecule has 13 heavy (non-hydrogen) atoms. The van der Waals surface area contributed by atoms with Gasteiger partial charge in [-0.3, -0.25) is 4.79 Å². The maximum atomic E-state index is 11.5. The van der Waals surface area contributed by atoms with E-state index in [0.717, 1.165) is 19.3 Å². The number of hydrogen-bond acceptors (Lipinski definition) is 2. The van der Waals surface area contributed by atoms with E-state index in [1.807, 2.05) is 0 Å². The van der Waals surface area contributed by atoms with Crippen LogP contribution >= 0.6 is 11.6 Å². The van der Waals surface area contributed by atoms with Gasteiger partial charge in [0.15, 0.2) is 5.76 Å². The van der Waals surface area contributed by atoms with Crippen molar-refractivity contribution in [3.63, 3.8) is 0 Å². The molecule has 1 rings (SSSR count). The Morgan fingerprint density at radius 2 is 2.46 bits per heavy atom. The number of carbonyl (C=O) groups excluding carboxylic acids is 1. The Bertz CT molecular complexity index is 254. The lowest BCUT2D eigenvalue weighted by Crippen LogP contribution is -2.13. The third-order valence-corrected chi connectivity index (χ3v) is 2.28. The van der Waals surface area contributed by atoms with Crippen LogP contribution in [0.25, 0.3) is 0 Å². The van der Waals surface area contributed by atoms with E-state index in [-0.39, 0.29) is 5.78 Å². The summed E-state index contributed by atoms with van der Waals surface area (Å²) in [6.07, 6.45) is 4.23. The molecule has 1 aromatic rings. The van der Waals surface area contributed by atoms with Gasteiger partial charge in [-0.25, -0.2) is 0 Å². The van der Waals surface area contributed by atoms with Crippen molar-refractivity contribution < 1.29 is 9.21 Å². The molecule has 0 aliphatic rings. The molecule has 3 heteroatoms. The molecule has 2 nitrogen and oxygen atoms in total. The normalized spacial score (nSPS) is 12.8. The number of halogens is 1. The minimum Gasteiger partial charge on any atom is -0.461 e. The van der Waals surface area contributed by atoms with Crippen LogP contribution in [0.2, 0.25) is 0 Å². The Kier molecular flexibility index (Phi) is 4.03. The fourth-order valence-electron chi connectivity index (χ4n) is 1.09. The van der Waals surface area contributed by atoms with Gasteiger partial charge in [0.05, 0.1) is 11.6 Å². The molecule has 0 spiro atoms. The maximum Gasteiger partial charge on any atom is 0.215 e. The van der Waals surface area contributed by atoms with E-state index < -0.39 is 5.38 Å². The van der Waals surface area contributed by atoms with Crippen LogP contribution in [0.5, 0.6) is 0 Å². The zero-order chi connectivity index (χ0) is 9.68. The van der Waals surface area contributed by atoms with Gasteiger partial charge in [-0.1, -0.05) is 19.8 Å². The molecule has 1 aromatic heterocycles. The summed E-state index contributed by atoms with van der Waals surface area (Å²) in [6, 6.07) is 3.33. The molecule has 0 amide bonds. The second-order valence-electron chi connectivity index (χ2n) is 2.95. The number of hydrogen-bond donors (Lipinski definition) is 0. The molecule has 0 saturated heterocycles. The summed E-state index contributed by atoms with van der Waals surface area (Å²) in [6.45, 7) is 2.07. The first-order chi connectivity index (χ1) is 6.25. The average Bonchev–Trinajstić information content (AvgIpc) is 2.65. The molecule has 0 N–H and O–H groups in total. The predicted octanol–water partition coefficient (Wildman–Crippen LogP) is 3.26. The van der Waals surface area contributed by atoms with Gasteiger partial charge in [-0.2, -0.15) is 0 Å². The monoisotopic (exact) mass is 200 g/mol. The summed E-state index contributed by atoms with van der Waals surface area (Å²) < 4.78 is 4.96. The lowest BCUT2D eigenvalue weighted by molar-refractivity contribution is 0.0956. The van der Waals surface area contributed by atoms with E-state index in [9.17, 15) is 4.79 Å². The van der Waals surface area contributed by atoms with Crippen molar-refractivity contribution in [1.29, 1.82) is 0 Å². The summed E-state index contributed by atoms with van der Waals surface area (Å²) in [4.78, 5) is 11.5. The van der Waals surface area contributed by atoms with Gasteiger partial charge in [0.25, 0.3) is 0 Å². The summed E-state index contributed by atoms with van der Waals surface area (Å²) in [5.41, 5.74) is 0. The number of Topliss-reactive ketones (excluding diaryl/α,β-unsaturated/α-hetero) is 1. The molecule has 1 heterocycles. The van der Waals surface area contributed by atoms with Crippen molar-refractivity contribution in [2.45, 2.75) is 31.6 Å². The van der Waals surface area contributed by atoms with Gasteiger partial charge in [0.2, 0.25) is 5.78 Å². The topological polar surface area (TPSA) is 30.2 Å². The first-order valence-corrected chi connectivity index (χ1v) is 4.91. The van der Waals surface area contributed by atoms with E-state index >= 15 is 0 Å². The second-order valence-corrected chi connectivity index (χ2v) is 3.48. The van der Waals surface area contributed by atoms with Crippen molar-refractivity contribution in [1.82, 2.24) is 0 Å². The minimum absolute atomic E-state index is 0.111. The molecule has 0 saturated carbocycles. The highest BCUT2D eigenvalue weighted by molar-refractivity contribution is 6.33. The summed E-state index contributed by atoms with van der Waals surface area (Å²) >= 11 is 5.89. The number of unbranched alkanes of at least 4 members (excludes halogenated alkanes) is 1. The van der Waals surface area contributed by atoms with Crippen LogP contribution in [-0.2, 0) is 0 Å². The first kappa shape index (κ1) is 10.3. The SMILES string of the molecule is CCCCC(Cl)C(=O)c1ccco1. The number of alkyl halides is 1. The fraction of sp³-hybridized carbons (Fsp3) is 0.500. The maximum absolute atomic E-state index is 11.5. The number of carbonyl (C=O) groups is 1. The fourth-order valence-corrected chi connectivity index (χ4v) is 1.35. The molecular formula is C10H13ClO2. The van der Waals surface area contributed by atoms with Crippen molar-refractivity contribution in [2.75, 3.05) is 0 Å². The van der Waals surface area contributed by atoms with Gasteiger partial charge in [-0.05, 0) is 18.6 Å². The summed E-state index contributed by atoms with van der Waals surface area (Å²) in [7, 11) is 0. The third kappa shape index (κ3) is 2.88. The number of rotatable bonds is 5. The summed E-state index contributed by atoms with van der Waals surface area (Å²) in [5.74, 6) is 0.246. The second kappa shape index (κ2) is 5.07. The van der Waals surface area contributed by atoms with Crippen molar-refractivity contribution in [3.8, 4) is 0 Å². The Morgan fingerprint density at radius 1 is 1.69 bits per heavy atom. The van der Waals surface area contributed by atoms with Crippen LogP contribution in [0.15, 0.2) is 22.8 Å². The van der Waals surface area contributed by atoms with E-state index in [0.29, 0.717) is 5.76 Å². The molecule has 0 aliphatic carbocycles. The highest BCUT2D eigenvalue weighted by atomic mass is 35.5. The minimum atomic E-state index is -0.439. The van der Waals surface area contributed by atoms with Gasteiger partial charge >= 0.3 is 0 Å². The molecule has 1 atom stereocenters. The Hall–Kier alpha value is -0.760.